The highest BCUT2D eigenvalue weighted by Crippen LogP contribution is 2.14. The lowest BCUT2D eigenvalue weighted by Crippen LogP contribution is -2.14. The van der Waals surface area contributed by atoms with Crippen molar-refractivity contribution >= 4 is 28.9 Å². The number of aromatic nitrogens is 1. The number of benzene rings is 1. The van der Waals surface area contributed by atoms with Gasteiger partial charge in [-0.3, -0.25) is 14.9 Å². The fraction of sp³-hybridized carbons (Fsp3) is 0.267. The Morgan fingerprint density at radius 1 is 1.33 bits per heavy atom. The van der Waals surface area contributed by atoms with Crippen molar-refractivity contribution in [3.63, 3.8) is 0 Å². The van der Waals surface area contributed by atoms with Gasteiger partial charge in [-0.15, -0.1) is 0 Å². The van der Waals surface area contributed by atoms with Crippen LogP contribution in [0, 0.1) is 17.0 Å². The zero-order chi connectivity index (χ0) is 17.9. The van der Waals surface area contributed by atoms with Crippen molar-refractivity contribution in [2.45, 2.75) is 13.8 Å². The minimum absolute atomic E-state index is 0.103. The molecule has 1 amide bonds. The summed E-state index contributed by atoms with van der Waals surface area (Å²) < 4.78 is 6.60. The van der Waals surface area contributed by atoms with Gasteiger partial charge in [0.1, 0.15) is 4.88 Å². The lowest BCUT2D eigenvalue weighted by molar-refractivity contribution is -0.384. The van der Waals surface area contributed by atoms with Crippen LogP contribution in [0.1, 0.15) is 32.6 Å². The second-order valence-electron chi connectivity index (χ2n) is 4.80. The smallest absolute Gasteiger partial charge is 0.350 e. The summed E-state index contributed by atoms with van der Waals surface area (Å²) >= 11 is 1.06. The van der Waals surface area contributed by atoms with Crippen molar-refractivity contribution in [1.82, 2.24) is 4.57 Å². The van der Waals surface area contributed by atoms with Gasteiger partial charge in [-0.25, -0.2) is 4.79 Å². The Morgan fingerprint density at radius 3 is 2.50 bits per heavy atom. The Bertz CT molecular complexity index is 864. The number of nitro benzene ring substituents is 1. The molecular formula is C15H15N3O5S. The summed E-state index contributed by atoms with van der Waals surface area (Å²) in [5.74, 6) is -1.00. The monoisotopic (exact) mass is 349 g/mol. The number of carbonyl (C=O) groups excluding carboxylic acids is 2. The van der Waals surface area contributed by atoms with Crippen LogP contribution in [0.15, 0.2) is 29.3 Å². The average molecular weight is 349 g/mol. The molecule has 0 bridgehead atoms. The Morgan fingerprint density at radius 2 is 1.96 bits per heavy atom. The van der Waals surface area contributed by atoms with Crippen LogP contribution in [0.25, 0.3) is 0 Å². The first-order valence-corrected chi connectivity index (χ1v) is 7.83. The zero-order valence-electron chi connectivity index (χ0n) is 13.3. The molecule has 1 aromatic heterocycles. The summed E-state index contributed by atoms with van der Waals surface area (Å²) in [6, 6.07) is 5.17. The maximum atomic E-state index is 12.2. The molecule has 0 unspecified atom stereocenters. The van der Waals surface area contributed by atoms with E-state index in [-0.39, 0.29) is 17.9 Å². The average Bonchev–Trinajstić information content (AvgIpc) is 2.83. The molecule has 0 N–H and O–H groups in total. The summed E-state index contributed by atoms with van der Waals surface area (Å²) in [4.78, 5) is 38.9. The molecule has 0 fully saturated rings. The topological polar surface area (TPSA) is 104 Å². The molecular weight excluding hydrogens is 334 g/mol. The molecule has 0 radical (unpaired) electrons. The van der Waals surface area contributed by atoms with Gasteiger partial charge in [0.15, 0.2) is 4.80 Å². The van der Waals surface area contributed by atoms with Gasteiger partial charge in [0.2, 0.25) is 0 Å². The van der Waals surface area contributed by atoms with Gasteiger partial charge in [-0.05, 0) is 26.0 Å². The molecule has 2 rings (SSSR count). The van der Waals surface area contributed by atoms with E-state index in [1.54, 1.807) is 25.5 Å². The highest BCUT2D eigenvalue weighted by molar-refractivity contribution is 7.11. The number of ether oxygens (including phenoxy) is 1. The summed E-state index contributed by atoms with van der Waals surface area (Å²) in [6.45, 7) is 3.70. The number of nitro groups is 1. The van der Waals surface area contributed by atoms with Crippen molar-refractivity contribution < 1.29 is 19.2 Å². The number of rotatable bonds is 4. The van der Waals surface area contributed by atoms with Crippen molar-refractivity contribution in [2.75, 3.05) is 6.61 Å². The number of hydrogen-bond acceptors (Lipinski definition) is 6. The number of hydrogen-bond donors (Lipinski definition) is 0. The second kappa shape index (κ2) is 7.18. The van der Waals surface area contributed by atoms with E-state index in [2.05, 4.69) is 4.99 Å². The Kier molecular flexibility index (Phi) is 5.24. The number of esters is 1. The normalized spacial score (nSPS) is 11.4. The highest BCUT2D eigenvalue weighted by Gasteiger charge is 2.17. The number of amides is 1. The van der Waals surface area contributed by atoms with Crippen molar-refractivity contribution in [1.29, 1.82) is 0 Å². The van der Waals surface area contributed by atoms with Gasteiger partial charge in [-0.2, -0.15) is 4.99 Å². The van der Waals surface area contributed by atoms with Crippen LogP contribution < -0.4 is 4.80 Å². The molecule has 24 heavy (non-hydrogen) atoms. The van der Waals surface area contributed by atoms with Gasteiger partial charge in [0.25, 0.3) is 11.6 Å². The Labute approximate surface area is 141 Å². The molecule has 9 heteroatoms. The predicted molar refractivity (Wildman–Crippen MR) is 87.0 cm³/mol. The third-order valence-electron chi connectivity index (χ3n) is 3.30. The molecule has 0 saturated heterocycles. The first-order chi connectivity index (χ1) is 11.3. The van der Waals surface area contributed by atoms with Gasteiger partial charge < -0.3 is 9.30 Å². The SMILES string of the molecule is CCOC(=O)c1sc(=NC(=O)c2ccc([N+](=O)[O-])cc2)n(C)c1C. The molecule has 0 spiro atoms. The first-order valence-electron chi connectivity index (χ1n) is 7.02. The van der Waals surface area contributed by atoms with E-state index in [1.165, 1.54) is 24.3 Å². The first kappa shape index (κ1) is 17.5. The van der Waals surface area contributed by atoms with E-state index >= 15 is 0 Å². The fourth-order valence-corrected chi connectivity index (χ4v) is 2.90. The fourth-order valence-electron chi connectivity index (χ4n) is 1.89. The maximum absolute atomic E-state index is 12.2. The summed E-state index contributed by atoms with van der Waals surface area (Å²) in [5, 5.41) is 10.6. The molecule has 126 valence electrons. The lowest BCUT2D eigenvalue weighted by Gasteiger charge is -2.00. The molecule has 8 nitrogen and oxygen atoms in total. The predicted octanol–water partition coefficient (Wildman–Crippen LogP) is 2.22. The molecule has 0 aliphatic rings. The Balaban J connectivity index is 2.37. The van der Waals surface area contributed by atoms with Crippen molar-refractivity contribution in [2.24, 2.45) is 12.0 Å². The van der Waals surface area contributed by atoms with E-state index in [0.29, 0.717) is 15.4 Å². The second-order valence-corrected chi connectivity index (χ2v) is 5.78. The van der Waals surface area contributed by atoms with Crippen LogP contribution in [0.3, 0.4) is 0 Å². The van der Waals surface area contributed by atoms with Crippen molar-refractivity contribution in [3.05, 3.63) is 55.3 Å². The van der Waals surface area contributed by atoms with E-state index < -0.39 is 16.8 Å². The summed E-state index contributed by atoms with van der Waals surface area (Å²) in [5.41, 5.74) is 0.770. The van der Waals surface area contributed by atoms with Crippen LogP contribution in [0.4, 0.5) is 5.69 Å². The number of thiazole rings is 1. The highest BCUT2D eigenvalue weighted by atomic mass is 32.1. The van der Waals surface area contributed by atoms with E-state index in [4.69, 9.17) is 4.74 Å². The maximum Gasteiger partial charge on any atom is 0.350 e. The van der Waals surface area contributed by atoms with E-state index in [1.807, 2.05) is 0 Å². The summed E-state index contributed by atoms with van der Waals surface area (Å²) in [7, 11) is 1.69. The largest absolute Gasteiger partial charge is 0.462 e. The molecule has 1 heterocycles. The number of carbonyl (C=O) groups is 2. The van der Waals surface area contributed by atoms with Crippen LogP contribution >= 0.6 is 11.3 Å². The van der Waals surface area contributed by atoms with Gasteiger partial charge in [0.05, 0.1) is 11.5 Å². The standard InChI is InChI=1S/C15H15N3O5S/c1-4-23-14(20)12-9(2)17(3)15(24-12)16-13(19)10-5-7-11(8-6-10)18(21)22/h5-8H,4H2,1-3H3. The zero-order valence-corrected chi connectivity index (χ0v) is 14.1. The van der Waals surface area contributed by atoms with Gasteiger partial charge in [0, 0.05) is 30.4 Å². The van der Waals surface area contributed by atoms with Gasteiger partial charge in [-0.1, -0.05) is 11.3 Å². The quantitative estimate of drug-likeness (QED) is 0.478. The number of non-ortho nitro benzene ring substituents is 1. The minimum Gasteiger partial charge on any atom is -0.462 e. The van der Waals surface area contributed by atoms with Crippen LogP contribution in [-0.4, -0.2) is 28.0 Å². The third-order valence-corrected chi connectivity index (χ3v) is 4.51. The van der Waals surface area contributed by atoms with E-state index in [0.717, 1.165) is 11.3 Å². The van der Waals surface area contributed by atoms with E-state index in [9.17, 15) is 19.7 Å². The lowest BCUT2D eigenvalue weighted by atomic mass is 10.2. The van der Waals surface area contributed by atoms with Crippen LogP contribution in [0.5, 0.6) is 0 Å². The minimum atomic E-state index is -0.544. The molecule has 0 saturated carbocycles. The van der Waals surface area contributed by atoms with Crippen molar-refractivity contribution in [3.8, 4) is 0 Å². The summed E-state index contributed by atoms with van der Waals surface area (Å²) in [6.07, 6.45) is 0. The molecule has 0 aliphatic heterocycles. The number of nitrogens with zero attached hydrogens (tertiary/aromatic N) is 3. The molecule has 2 aromatic rings. The third kappa shape index (κ3) is 3.57. The van der Waals surface area contributed by atoms with Crippen LogP contribution in [0.2, 0.25) is 0 Å². The molecule has 0 atom stereocenters. The molecule has 1 aromatic carbocycles. The Hall–Kier alpha value is -2.81. The van der Waals surface area contributed by atoms with Gasteiger partial charge >= 0.3 is 5.97 Å². The molecule has 0 aliphatic carbocycles. The van der Waals surface area contributed by atoms with Crippen LogP contribution in [-0.2, 0) is 11.8 Å².